The van der Waals surface area contributed by atoms with Crippen molar-refractivity contribution in [2.75, 3.05) is 6.61 Å². The van der Waals surface area contributed by atoms with Crippen LogP contribution < -0.4 is 4.74 Å². The molecular weight excluding hydrogens is 324 g/mol. The van der Waals surface area contributed by atoms with Gasteiger partial charge < -0.3 is 9.84 Å². The number of unbranched alkanes of at least 4 members (excludes halogenated alkanes) is 5. The number of nitrogens with zero attached hydrogens (tertiary/aromatic N) is 2. The second kappa shape index (κ2) is 9.18. The van der Waals surface area contributed by atoms with Gasteiger partial charge in [0.15, 0.2) is 5.82 Å². The summed E-state index contributed by atoms with van der Waals surface area (Å²) in [6, 6.07) is 13.1. The summed E-state index contributed by atoms with van der Waals surface area (Å²) >= 11 is 0. The fourth-order valence-electron chi connectivity index (χ4n) is 2.99. The molecule has 0 atom stereocenters. The van der Waals surface area contributed by atoms with E-state index >= 15 is 0 Å². The molecule has 0 aliphatic carbocycles. The van der Waals surface area contributed by atoms with Crippen LogP contribution in [0.25, 0.3) is 22.2 Å². The van der Waals surface area contributed by atoms with E-state index in [0.29, 0.717) is 18.3 Å². The molecule has 4 nitrogen and oxygen atoms in total. The molecular formula is C22H26N2O2. The van der Waals surface area contributed by atoms with Crippen LogP contribution in [0.1, 0.15) is 45.4 Å². The van der Waals surface area contributed by atoms with E-state index < -0.39 is 0 Å². The summed E-state index contributed by atoms with van der Waals surface area (Å²) < 4.78 is 5.79. The van der Waals surface area contributed by atoms with Gasteiger partial charge in [-0.1, -0.05) is 57.2 Å². The molecule has 3 rings (SSSR count). The number of hydrogen-bond donors (Lipinski definition) is 1. The van der Waals surface area contributed by atoms with Crippen LogP contribution in [-0.2, 0) is 0 Å². The maximum atomic E-state index is 9.57. The van der Waals surface area contributed by atoms with E-state index in [9.17, 15) is 5.11 Å². The zero-order valence-electron chi connectivity index (χ0n) is 15.3. The lowest BCUT2D eigenvalue weighted by Gasteiger charge is -2.07. The summed E-state index contributed by atoms with van der Waals surface area (Å²) in [6.45, 7) is 2.93. The molecule has 0 amide bonds. The number of phenols is 1. The highest BCUT2D eigenvalue weighted by atomic mass is 16.5. The van der Waals surface area contributed by atoms with E-state index in [4.69, 9.17) is 4.74 Å². The van der Waals surface area contributed by atoms with Gasteiger partial charge in [-0.3, -0.25) is 0 Å². The number of benzene rings is 2. The van der Waals surface area contributed by atoms with Crippen LogP contribution in [0.5, 0.6) is 11.6 Å². The topological polar surface area (TPSA) is 55.2 Å². The molecule has 26 heavy (non-hydrogen) atoms. The van der Waals surface area contributed by atoms with Crippen molar-refractivity contribution in [1.82, 2.24) is 9.97 Å². The van der Waals surface area contributed by atoms with Gasteiger partial charge in [-0.2, -0.15) is 4.98 Å². The van der Waals surface area contributed by atoms with Crippen molar-refractivity contribution in [2.24, 2.45) is 0 Å². The van der Waals surface area contributed by atoms with Crippen LogP contribution in [0.3, 0.4) is 0 Å². The first-order chi connectivity index (χ1) is 12.8. The van der Waals surface area contributed by atoms with Gasteiger partial charge in [0.25, 0.3) is 0 Å². The van der Waals surface area contributed by atoms with Crippen LogP contribution in [0.4, 0.5) is 0 Å². The Bertz CT molecular complexity index is 848. The number of hydrogen-bond acceptors (Lipinski definition) is 4. The highest BCUT2D eigenvalue weighted by Gasteiger charge is 2.05. The van der Waals surface area contributed by atoms with Gasteiger partial charge in [0.2, 0.25) is 5.88 Å². The van der Waals surface area contributed by atoms with Gasteiger partial charge in [-0.05, 0) is 35.4 Å². The molecule has 0 aliphatic heterocycles. The van der Waals surface area contributed by atoms with E-state index in [1.54, 1.807) is 24.4 Å². The number of ether oxygens (including phenoxy) is 1. The third kappa shape index (κ3) is 4.94. The van der Waals surface area contributed by atoms with Gasteiger partial charge >= 0.3 is 0 Å². The molecule has 4 heteroatoms. The summed E-state index contributed by atoms with van der Waals surface area (Å²) in [5.74, 6) is 1.54. The fourth-order valence-corrected chi connectivity index (χ4v) is 2.99. The molecule has 0 bridgehead atoms. The highest BCUT2D eigenvalue weighted by molar-refractivity contribution is 5.87. The van der Waals surface area contributed by atoms with Crippen molar-refractivity contribution in [3.63, 3.8) is 0 Å². The molecule has 0 spiro atoms. The molecule has 1 N–H and O–H groups in total. The monoisotopic (exact) mass is 350 g/mol. The maximum absolute atomic E-state index is 9.57. The third-order valence-electron chi connectivity index (χ3n) is 4.46. The number of phenolic OH excluding ortho intramolecular Hbond substituents is 1. The maximum Gasteiger partial charge on any atom is 0.216 e. The second-order valence-corrected chi connectivity index (χ2v) is 6.58. The van der Waals surface area contributed by atoms with E-state index in [2.05, 4.69) is 16.9 Å². The Hall–Kier alpha value is -2.62. The number of aromatic hydroxyl groups is 1. The van der Waals surface area contributed by atoms with Gasteiger partial charge in [-0.15, -0.1) is 0 Å². The zero-order valence-corrected chi connectivity index (χ0v) is 15.3. The Morgan fingerprint density at radius 3 is 2.54 bits per heavy atom. The molecule has 2 aromatic carbocycles. The standard InChI is InChI=1S/C22H26N2O2/c1-2-3-4-5-6-7-14-26-21-12-13-23-22(24-21)19-9-8-18-16-20(25)11-10-17(18)15-19/h8-13,15-16,25H,2-7,14H2,1H3. The lowest BCUT2D eigenvalue weighted by Crippen LogP contribution is -2.00. The lowest BCUT2D eigenvalue weighted by atomic mass is 10.1. The number of fused-ring (bicyclic) bond motifs is 1. The minimum atomic E-state index is 0.270. The van der Waals surface area contributed by atoms with Gasteiger partial charge in [0, 0.05) is 17.8 Å². The molecule has 136 valence electrons. The first-order valence-corrected chi connectivity index (χ1v) is 9.45. The first-order valence-electron chi connectivity index (χ1n) is 9.45. The molecule has 0 unspecified atom stereocenters. The smallest absolute Gasteiger partial charge is 0.216 e. The molecule has 3 aromatic rings. The summed E-state index contributed by atoms with van der Waals surface area (Å²) in [7, 11) is 0. The van der Waals surface area contributed by atoms with E-state index in [0.717, 1.165) is 22.8 Å². The summed E-state index contributed by atoms with van der Waals surface area (Å²) in [6.07, 6.45) is 9.18. The average molecular weight is 350 g/mol. The van der Waals surface area contributed by atoms with E-state index in [-0.39, 0.29) is 5.75 Å². The SMILES string of the molecule is CCCCCCCCOc1ccnc(-c2ccc3cc(O)ccc3c2)n1. The minimum Gasteiger partial charge on any atom is -0.508 e. The first kappa shape index (κ1) is 18.2. The number of aromatic nitrogens is 2. The molecule has 0 saturated carbocycles. The average Bonchev–Trinajstić information content (AvgIpc) is 2.67. The van der Waals surface area contributed by atoms with Crippen molar-refractivity contribution < 1.29 is 9.84 Å². The van der Waals surface area contributed by atoms with Crippen LogP contribution in [0, 0.1) is 0 Å². The Kier molecular flexibility index (Phi) is 6.42. The normalized spacial score (nSPS) is 11.0. The molecule has 0 radical (unpaired) electrons. The van der Waals surface area contributed by atoms with E-state index in [1.807, 2.05) is 24.3 Å². The van der Waals surface area contributed by atoms with Crippen LogP contribution in [0.15, 0.2) is 48.7 Å². The largest absolute Gasteiger partial charge is 0.508 e. The summed E-state index contributed by atoms with van der Waals surface area (Å²) in [5, 5.41) is 11.6. The third-order valence-corrected chi connectivity index (χ3v) is 4.46. The van der Waals surface area contributed by atoms with Crippen molar-refractivity contribution in [2.45, 2.75) is 45.4 Å². The highest BCUT2D eigenvalue weighted by Crippen LogP contribution is 2.25. The molecule has 0 saturated heterocycles. The molecule has 0 fully saturated rings. The predicted octanol–water partition coefficient (Wildman–Crippen LogP) is 5.74. The fraction of sp³-hybridized carbons (Fsp3) is 0.364. The quantitative estimate of drug-likeness (QED) is 0.500. The van der Waals surface area contributed by atoms with E-state index in [1.165, 1.54) is 32.1 Å². The second-order valence-electron chi connectivity index (χ2n) is 6.58. The minimum absolute atomic E-state index is 0.270. The van der Waals surface area contributed by atoms with Crippen LogP contribution in [0.2, 0.25) is 0 Å². The van der Waals surface area contributed by atoms with Crippen LogP contribution in [-0.4, -0.2) is 21.7 Å². The Labute approximate surface area is 154 Å². The Balaban J connectivity index is 1.61. The number of rotatable bonds is 9. The zero-order chi connectivity index (χ0) is 18.2. The Morgan fingerprint density at radius 2 is 1.65 bits per heavy atom. The Morgan fingerprint density at radius 1 is 0.885 bits per heavy atom. The molecule has 0 aliphatic rings. The van der Waals surface area contributed by atoms with Gasteiger partial charge in [0.1, 0.15) is 5.75 Å². The van der Waals surface area contributed by atoms with Crippen LogP contribution >= 0.6 is 0 Å². The van der Waals surface area contributed by atoms with Crippen molar-refractivity contribution in [3.05, 3.63) is 48.7 Å². The summed E-state index contributed by atoms with van der Waals surface area (Å²) in [4.78, 5) is 8.90. The molecule has 1 aromatic heterocycles. The summed E-state index contributed by atoms with van der Waals surface area (Å²) in [5.41, 5.74) is 0.938. The van der Waals surface area contributed by atoms with Crippen molar-refractivity contribution in [3.8, 4) is 23.0 Å². The van der Waals surface area contributed by atoms with Gasteiger partial charge in [-0.25, -0.2) is 4.98 Å². The lowest BCUT2D eigenvalue weighted by molar-refractivity contribution is 0.293. The van der Waals surface area contributed by atoms with Crippen molar-refractivity contribution >= 4 is 10.8 Å². The van der Waals surface area contributed by atoms with Gasteiger partial charge in [0.05, 0.1) is 6.61 Å². The van der Waals surface area contributed by atoms with Crippen molar-refractivity contribution in [1.29, 1.82) is 0 Å². The molecule has 1 heterocycles. The predicted molar refractivity (Wildman–Crippen MR) is 106 cm³/mol.